The van der Waals surface area contributed by atoms with Crippen LogP contribution in [0.25, 0.3) is 32.9 Å². The zero-order chi connectivity index (χ0) is 18.1. The van der Waals surface area contributed by atoms with Crippen LogP contribution in [-0.4, -0.2) is 10.1 Å². The molecule has 0 saturated heterocycles. The zero-order valence-corrected chi connectivity index (χ0v) is 15.2. The molecule has 1 heterocycles. The lowest BCUT2D eigenvalue weighted by Gasteiger charge is -2.14. The molecule has 1 aromatic heterocycles. The molecule has 0 spiro atoms. The molecule has 3 aromatic rings. The van der Waals surface area contributed by atoms with Gasteiger partial charge < -0.3 is 5.11 Å². The summed E-state index contributed by atoms with van der Waals surface area (Å²) in [5.41, 5.74) is 3.04. The summed E-state index contributed by atoms with van der Waals surface area (Å²) < 4.78 is 0. The van der Waals surface area contributed by atoms with Crippen LogP contribution in [0.2, 0.25) is 15.1 Å². The lowest BCUT2D eigenvalue weighted by molar-refractivity contribution is 0.512. The van der Waals surface area contributed by atoms with Crippen molar-refractivity contribution in [2.24, 2.45) is 0 Å². The molecule has 0 aliphatic rings. The van der Waals surface area contributed by atoms with Gasteiger partial charge in [0.1, 0.15) is 0 Å². The molecule has 0 saturated carbocycles. The minimum atomic E-state index is -0.221. The Kier molecular flexibility index (Phi) is 4.82. The number of nitrogens with zero attached hydrogens (tertiary/aromatic N) is 3. The van der Waals surface area contributed by atoms with E-state index in [1.54, 1.807) is 24.3 Å². The van der Waals surface area contributed by atoms with Gasteiger partial charge in [-0.2, -0.15) is 0 Å². The van der Waals surface area contributed by atoms with Crippen LogP contribution < -0.4 is 0 Å². The molecule has 0 atom stereocenters. The third-order valence-corrected chi connectivity index (χ3v) is 4.56. The molecule has 0 amide bonds. The third-order valence-electron chi connectivity index (χ3n) is 3.81. The molecule has 0 bridgehead atoms. The molecule has 3 rings (SSSR count). The molecule has 0 unspecified atom stereocenters. The normalized spacial score (nSPS) is 11.6. The SMILES string of the molecule is Cc1c(-c2ccc(Cl)cc2)nc2c(Cl)cc(Cl)cc2c1C(O)=C[N+]#N. The summed E-state index contributed by atoms with van der Waals surface area (Å²) in [6, 6.07) is 10.4. The predicted octanol–water partition coefficient (Wildman–Crippen LogP) is 6.88. The number of pyridine rings is 1. The highest BCUT2D eigenvalue weighted by atomic mass is 35.5. The predicted molar refractivity (Wildman–Crippen MR) is 103 cm³/mol. The van der Waals surface area contributed by atoms with E-state index in [1.165, 1.54) is 0 Å². The Morgan fingerprint density at radius 2 is 1.80 bits per heavy atom. The molecule has 7 heteroatoms. The number of aliphatic hydroxyl groups excluding tert-OH is 1. The van der Waals surface area contributed by atoms with Gasteiger partial charge in [0.2, 0.25) is 11.2 Å². The van der Waals surface area contributed by atoms with Crippen LogP contribution in [0.4, 0.5) is 0 Å². The van der Waals surface area contributed by atoms with Crippen LogP contribution in [0.3, 0.4) is 0 Å². The monoisotopic (exact) mass is 390 g/mol. The van der Waals surface area contributed by atoms with E-state index in [1.807, 2.05) is 19.1 Å². The van der Waals surface area contributed by atoms with Gasteiger partial charge in [0.05, 0.1) is 16.2 Å². The second-order valence-corrected chi connectivity index (χ2v) is 6.66. The molecule has 0 aliphatic heterocycles. The minimum absolute atomic E-state index is 0.221. The van der Waals surface area contributed by atoms with Crippen molar-refractivity contribution in [3.05, 3.63) is 73.8 Å². The molecule has 0 aliphatic carbocycles. The Balaban J connectivity index is 2.45. The highest BCUT2D eigenvalue weighted by Crippen LogP contribution is 2.37. The van der Waals surface area contributed by atoms with Crippen LogP contribution in [0.5, 0.6) is 0 Å². The van der Waals surface area contributed by atoms with Crippen LogP contribution >= 0.6 is 34.8 Å². The third kappa shape index (κ3) is 3.27. The van der Waals surface area contributed by atoms with Crippen molar-refractivity contribution >= 4 is 51.5 Å². The van der Waals surface area contributed by atoms with Gasteiger partial charge in [0.25, 0.3) is 0 Å². The number of aromatic nitrogens is 1. The topological polar surface area (TPSA) is 61.3 Å². The average Bonchev–Trinajstić information content (AvgIpc) is 2.55. The number of rotatable bonds is 2. The van der Waals surface area contributed by atoms with Crippen molar-refractivity contribution < 1.29 is 5.11 Å². The molecule has 4 nitrogen and oxygen atoms in total. The first-order valence-electron chi connectivity index (χ1n) is 7.21. The number of halogens is 3. The van der Waals surface area contributed by atoms with Gasteiger partial charge in [0.15, 0.2) is 4.98 Å². The maximum Gasteiger partial charge on any atom is 0.392 e. The Hall–Kier alpha value is -2.32. The van der Waals surface area contributed by atoms with Crippen LogP contribution in [0.1, 0.15) is 11.1 Å². The van der Waals surface area contributed by atoms with Gasteiger partial charge in [0, 0.05) is 26.6 Å². The highest BCUT2D eigenvalue weighted by Gasteiger charge is 2.20. The smallest absolute Gasteiger partial charge is 0.392 e. The van der Waals surface area contributed by atoms with Crippen molar-refractivity contribution in [2.75, 3.05) is 0 Å². The van der Waals surface area contributed by atoms with E-state index in [2.05, 4.69) is 9.96 Å². The second-order valence-electron chi connectivity index (χ2n) is 5.38. The first-order valence-corrected chi connectivity index (χ1v) is 8.34. The zero-order valence-electron chi connectivity index (χ0n) is 13.0. The fraction of sp³-hybridized carbons (Fsp3) is 0.0556. The Labute approximate surface area is 158 Å². The van der Waals surface area contributed by atoms with Gasteiger partial charge in [-0.25, -0.2) is 4.98 Å². The van der Waals surface area contributed by atoms with E-state index in [0.717, 1.165) is 11.8 Å². The maximum absolute atomic E-state index is 10.4. The number of diazo groups is 1. The van der Waals surface area contributed by atoms with Crippen LogP contribution in [0, 0.1) is 12.3 Å². The van der Waals surface area contributed by atoms with Crippen molar-refractivity contribution in [1.82, 2.24) is 4.98 Å². The molecule has 0 radical (unpaired) electrons. The lowest BCUT2D eigenvalue weighted by atomic mass is 9.96. The summed E-state index contributed by atoms with van der Waals surface area (Å²) in [5, 5.41) is 21.1. The molecular formula is C18H11Cl3N3O+. The lowest BCUT2D eigenvalue weighted by Crippen LogP contribution is -1.99. The largest absolute Gasteiger partial charge is 0.501 e. The van der Waals surface area contributed by atoms with Gasteiger partial charge >= 0.3 is 6.20 Å². The van der Waals surface area contributed by atoms with Crippen molar-refractivity contribution in [1.29, 1.82) is 5.39 Å². The maximum atomic E-state index is 10.4. The summed E-state index contributed by atoms with van der Waals surface area (Å²) in [4.78, 5) is 7.56. The number of hydrogen-bond donors (Lipinski definition) is 1. The van der Waals surface area contributed by atoms with E-state index in [-0.39, 0.29) is 5.76 Å². The standard InChI is InChI=1S/C18H10Cl3N3O/c1-9-16(15(25)8-23-22)13-6-12(20)7-14(21)18(13)24-17(9)10-2-4-11(19)5-3-10/h2-8H,1H3/p+1. The van der Waals surface area contributed by atoms with Gasteiger partial charge in [-0.05, 0) is 36.8 Å². The number of fused-ring (bicyclic) bond motifs is 1. The molecule has 25 heavy (non-hydrogen) atoms. The van der Waals surface area contributed by atoms with Crippen molar-refractivity contribution in [3.63, 3.8) is 0 Å². The Morgan fingerprint density at radius 1 is 1.12 bits per heavy atom. The Morgan fingerprint density at radius 3 is 2.44 bits per heavy atom. The second kappa shape index (κ2) is 6.89. The first-order chi connectivity index (χ1) is 11.9. The summed E-state index contributed by atoms with van der Waals surface area (Å²) in [5.74, 6) is -0.221. The number of hydrogen-bond acceptors (Lipinski definition) is 3. The summed E-state index contributed by atoms with van der Waals surface area (Å²) in [7, 11) is 0. The van der Waals surface area contributed by atoms with Gasteiger partial charge in [-0.3, -0.25) is 0 Å². The number of benzene rings is 2. The van der Waals surface area contributed by atoms with E-state index < -0.39 is 0 Å². The summed E-state index contributed by atoms with van der Waals surface area (Å²) in [6.07, 6.45) is 0.947. The summed E-state index contributed by atoms with van der Waals surface area (Å²) in [6.45, 7) is 1.81. The minimum Gasteiger partial charge on any atom is -0.501 e. The van der Waals surface area contributed by atoms with Gasteiger partial charge in [-0.1, -0.05) is 46.9 Å². The first kappa shape index (κ1) is 17.5. The molecule has 124 valence electrons. The highest BCUT2D eigenvalue weighted by molar-refractivity contribution is 6.38. The van der Waals surface area contributed by atoms with Crippen LogP contribution in [0.15, 0.2) is 42.6 Å². The Bertz CT molecular complexity index is 1050. The molecular weight excluding hydrogens is 381 g/mol. The summed E-state index contributed by atoms with van der Waals surface area (Å²) >= 11 is 18.4. The van der Waals surface area contributed by atoms with E-state index >= 15 is 0 Å². The molecule has 2 aromatic carbocycles. The van der Waals surface area contributed by atoms with Gasteiger partial charge in [-0.15, -0.1) is 0 Å². The van der Waals surface area contributed by atoms with Crippen LogP contribution in [-0.2, 0) is 0 Å². The van der Waals surface area contributed by atoms with E-state index in [4.69, 9.17) is 40.2 Å². The average molecular weight is 392 g/mol. The number of aliphatic hydroxyl groups is 1. The van der Waals surface area contributed by atoms with E-state index in [9.17, 15) is 5.11 Å². The molecule has 1 N–H and O–H groups in total. The fourth-order valence-electron chi connectivity index (χ4n) is 2.72. The van der Waals surface area contributed by atoms with Crippen molar-refractivity contribution in [2.45, 2.75) is 6.92 Å². The quantitative estimate of drug-likeness (QED) is 0.382. The van der Waals surface area contributed by atoms with E-state index in [0.29, 0.717) is 42.8 Å². The van der Waals surface area contributed by atoms with Crippen molar-refractivity contribution in [3.8, 4) is 11.3 Å². The fourth-order valence-corrected chi connectivity index (χ4v) is 3.39. The molecule has 0 fully saturated rings.